The highest BCUT2D eigenvalue weighted by molar-refractivity contribution is 6.25. The van der Waals surface area contributed by atoms with Gasteiger partial charge in [0.1, 0.15) is 11.2 Å². The highest BCUT2D eigenvalue weighted by Crippen LogP contribution is 2.51. The molecule has 0 saturated heterocycles. The number of fused-ring (bicyclic) bond motifs is 9. The third-order valence-corrected chi connectivity index (χ3v) is 11.3. The summed E-state index contributed by atoms with van der Waals surface area (Å²) >= 11 is 0. The lowest BCUT2D eigenvalue weighted by Gasteiger charge is -2.35. The van der Waals surface area contributed by atoms with E-state index < -0.39 is 0 Å². The van der Waals surface area contributed by atoms with Gasteiger partial charge in [0.15, 0.2) is 0 Å². The zero-order chi connectivity index (χ0) is 35.4. The molecule has 0 aliphatic carbocycles. The average Bonchev–Trinajstić information content (AvgIpc) is 3.71. The van der Waals surface area contributed by atoms with E-state index in [-0.39, 0.29) is 10.8 Å². The van der Waals surface area contributed by atoms with Gasteiger partial charge in [-0.3, -0.25) is 0 Å². The largest absolute Gasteiger partial charge is 0.455 e. The van der Waals surface area contributed by atoms with Gasteiger partial charge in [0, 0.05) is 38.6 Å². The Morgan fingerprint density at radius 2 is 1.17 bits per heavy atom. The van der Waals surface area contributed by atoms with Gasteiger partial charge < -0.3 is 13.9 Å². The van der Waals surface area contributed by atoms with E-state index in [2.05, 4.69) is 196 Å². The smallest absolute Gasteiger partial charge is 0.145 e. The van der Waals surface area contributed by atoms with Crippen molar-refractivity contribution in [3.63, 3.8) is 0 Å². The molecular formula is C49H40N2O. The van der Waals surface area contributed by atoms with Crippen LogP contribution >= 0.6 is 0 Å². The Kier molecular flexibility index (Phi) is 6.48. The van der Waals surface area contributed by atoms with E-state index in [0.29, 0.717) is 0 Å². The lowest BCUT2D eigenvalue weighted by molar-refractivity contribution is 0.590. The number of para-hydroxylation sites is 3. The summed E-state index contributed by atoms with van der Waals surface area (Å²) < 4.78 is 9.15. The van der Waals surface area contributed by atoms with Crippen LogP contribution in [0.2, 0.25) is 0 Å². The van der Waals surface area contributed by atoms with Crippen LogP contribution in [-0.4, -0.2) is 4.57 Å². The molecule has 0 saturated carbocycles. The molecule has 1 aliphatic heterocycles. The Morgan fingerprint density at radius 1 is 0.558 bits per heavy atom. The number of benzene rings is 7. The van der Waals surface area contributed by atoms with Crippen LogP contribution in [0.4, 0.5) is 17.1 Å². The lowest BCUT2D eigenvalue weighted by atomic mass is 9.74. The Hall–Kier alpha value is -6.06. The van der Waals surface area contributed by atoms with Gasteiger partial charge in [-0.25, -0.2) is 0 Å². The molecule has 0 atom stereocenters. The molecule has 0 radical (unpaired) electrons. The van der Waals surface area contributed by atoms with E-state index in [0.717, 1.165) is 28.2 Å². The molecule has 0 spiro atoms. The van der Waals surface area contributed by atoms with Gasteiger partial charge in [-0.05, 0) is 93.9 Å². The summed E-state index contributed by atoms with van der Waals surface area (Å²) in [4.78, 5) is 2.34. The molecule has 9 aromatic rings. The number of rotatable bonds is 4. The first kappa shape index (κ1) is 30.7. The molecule has 10 rings (SSSR count). The third kappa shape index (κ3) is 4.45. The van der Waals surface area contributed by atoms with Gasteiger partial charge in [0.05, 0.1) is 22.1 Å². The molecule has 3 nitrogen and oxygen atoms in total. The van der Waals surface area contributed by atoms with Crippen molar-refractivity contribution in [3.05, 3.63) is 168 Å². The van der Waals surface area contributed by atoms with E-state index in [1.807, 2.05) is 0 Å². The maximum Gasteiger partial charge on any atom is 0.145 e. The molecule has 3 heterocycles. The van der Waals surface area contributed by atoms with E-state index in [9.17, 15) is 0 Å². The SMILES string of the molecule is CC(C)(C)c1ccc(N(c2ccccc2)c2ccc(-c3ccc4c(c3)-n3c5ccccc5c5c6oc7ccccc7c6cc(c53)C4(C)C)cc2)cc1. The van der Waals surface area contributed by atoms with Crippen LogP contribution in [0.25, 0.3) is 60.6 Å². The molecule has 252 valence electrons. The zero-order valence-corrected chi connectivity index (χ0v) is 30.2. The second kappa shape index (κ2) is 11.0. The molecule has 0 bridgehead atoms. The van der Waals surface area contributed by atoms with Gasteiger partial charge in [0.25, 0.3) is 0 Å². The van der Waals surface area contributed by atoms with Crippen LogP contribution in [0, 0.1) is 0 Å². The molecule has 7 aromatic carbocycles. The summed E-state index contributed by atoms with van der Waals surface area (Å²) in [7, 11) is 0. The van der Waals surface area contributed by atoms with Crippen molar-refractivity contribution in [2.45, 2.75) is 45.4 Å². The normalized spacial score (nSPS) is 13.6. The molecule has 0 fully saturated rings. The topological polar surface area (TPSA) is 21.3 Å². The molecule has 0 amide bonds. The van der Waals surface area contributed by atoms with Crippen LogP contribution in [0.5, 0.6) is 0 Å². The van der Waals surface area contributed by atoms with Gasteiger partial charge >= 0.3 is 0 Å². The Bertz CT molecular complexity index is 2830. The van der Waals surface area contributed by atoms with Gasteiger partial charge in [-0.15, -0.1) is 0 Å². The number of furan rings is 1. The first-order valence-corrected chi connectivity index (χ1v) is 18.3. The standard InChI is InChI=1S/C49H40N2O/c1-48(2,3)33-22-26-36(27-23-33)50(34-13-7-6-8-14-34)35-24-19-31(20-25-35)32-21-28-40-43(29-32)51-42-17-11-9-16-38(42)45-46(51)41(49(40,4)5)30-39-37-15-10-12-18-44(37)52-47(39)45/h6-30H,1-5H3. The third-order valence-electron chi connectivity index (χ3n) is 11.3. The van der Waals surface area contributed by atoms with Crippen LogP contribution in [0.1, 0.15) is 51.3 Å². The fourth-order valence-corrected chi connectivity index (χ4v) is 8.57. The van der Waals surface area contributed by atoms with E-state index in [1.54, 1.807) is 0 Å². The lowest BCUT2D eigenvalue weighted by Crippen LogP contribution is -2.26. The van der Waals surface area contributed by atoms with Crippen molar-refractivity contribution in [1.82, 2.24) is 4.57 Å². The molecule has 52 heavy (non-hydrogen) atoms. The van der Waals surface area contributed by atoms with Crippen molar-refractivity contribution < 1.29 is 4.42 Å². The van der Waals surface area contributed by atoms with E-state index >= 15 is 0 Å². The number of aromatic nitrogens is 1. The zero-order valence-electron chi connectivity index (χ0n) is 30.2. The van der Waals surface area contributed by atoms with E-state index in [1.165, 1.54) is 66.1 Å². The van der Waals surface area contributed by atoms with Crippen LogP contribution < -0.4 is 4.90 Å². The van der Waals surface area contributed by atoms with Crippen molar-refractivity contribution in [1.29, 1.82) is 0 Å². The quantitative estimate of drug-likeness (QED) is 0.186. The fraction of sp³-hybridized carbons (Fsp3) is 0.143. The first-order chi connectivity index (χ1) is 25.2. The summed E-state index contributed by atoms with van der Waals surface area (Å²) in [6.45, 7) is 11.5. The number of anilines is 3. The van der Waals surface area contributed by atoms with Crippen molar-refractivity contribution in [3.8, 4) is 16.8 Å². The average molecular weight is 673 g/mol. The number of hydrogen-bond acceptors (Lipinski definition) is 2. The van der Waals surface area contributed by atoms with Gasteiger partial charge in [0.2, 0.25) is 0 Å². The minimum atomic E-state index is -0.217. The molecule has 0 unspecified atom stereocenters. The molecule has 1 aliphatic rings. The molecule has 0 N–H and O–H groups in total. The van der Waals surface area contributed by atoms with E-state index in [4.69, 9.17) is 4.42 Å². The van der Waals surface area contributed by atoms with Crippen molar-refractivity contribution in [2.24, 2.45) is 0 Å². The van der Waals surface area contributed by atoms with Crippen molar-refractivity contribution in [2.75, 3.05) is 4.90 Å². The Labute approximate surface area is 304 Å². The number of hydrogen-bond donors (Lipinski definition) is 0. The second-order valence-electron chi connectivity index (χ2n) is 15.8. The van der Waals surface area contributed by atoms with Gasteiger partial charge in [-0.2, -0.15) is 0 Å². The maximum absolute atomic E-state index is 6.66. The maximum atomic E-state index is 6.66. The summed E-state index contributed by atoms with van der Waals surface area (Å²) in [5, 5.41) is 4.77. The van der Waals surface area contributed by atoms with Crippen LogP contribution in [0.3, 0.4) is 0 Å². The minimum absolute atomic E-state index is 0.0995. The van der Waals surface area contributed by atoms with Crippen molar-refractivity contribution >= 4 is 60.8 Å². The molecular weight excluding hydrogens is 633 g/mol. The summed E-state index contributed by atoms with van der Waals surface area (Å²) in [5.74, 6) is 0. The monoisotopic (exact) mass is 672 g/mol. The number of nitrogens with zero attached hydrogens (tertiary/aromatic N) is 2. The van der Waals surface area contributed by atoms with Gasteiger partial charge in [-0.1, -0.05) is 126 Å². The summed E-state index contributed by atoms with van der Waals surface area (Å²) in [5.41, 5.74) is 15.2. The minimum Gasteiger partial charge on any atom is -0.455 e. The molecule has 3 heteroatoms. The highest BCUT2D eigenvalue weighted by Gasteiger charge is 2.37. The summed E-state index contributed by atoms with van der Waals surface area (Å²) in [6.07, 6.45) is 0. The first-order valence-electron chi connectivity index (χ1n) is 18.3. The Morgan fingerprint density at radius 3 is 1.90 bits per heavy atom. The van der Waals surface area contributed by atoms with Crippen LogP contribution in [0.15, 0.2) is 156 Å². The van der Waals surface area contributed by atoms with Crippen LogP contribution in [-0.2, 0) is 10.8 Å². The second-order valence-corrected chi connectivity index (χ2v) is 15.8. The fourth-order valence-electron chi connectivity index (χ4n) is 8.57. The Balaban J connectivity index is 1.12. The predicted molar refractivity (Wildman–Crippen MR) is 219 cm³/mol. The molecule has 2 aromatic heterocycles. The highest BCUT2D eigenvalue weighted by atomic mass is 16.3. The summed E-state index contributed by atoms with van der Waals surface area (Å²) in [6, 6.07) is 55.3. The predicted octanol–water partition coefficient (Wildman–Crippen LogP) is 13.8.